The highest BCUT2D eigenvalue weighted by Gasteiger charge is 2.29. The molecule has 0 spiro atoms. The Labute approximate surface area is 88.3 Å². The summed E-state index contributed by atoms with van der Waals surface area (Å²) in [6.07, 6.45) is 13.2. The standard InChI is InChI=1S/C13H24O/c1-2-3-4-5-6-7-8-12-9-10-13(12)11-14/h11-13H,2-10H2,1H3. The summed E-state index contributed by atoms with van der Waals surface area (Å²) in [6.45, 7) is 2.25. The lowest BCUT2D eigenvalue weighted by molar-refractivity contribution is -0.115. The molecule has 1 rings (SSSR count). The van der Waals surface area contributed by atoms with Gasteiger partial charge in [0.25, 0.3) is 0 Å². The lowest BCUT2D eigenvalue weighted by Gasteiger charge is -2.32. The lowest BCUT2D eigenvalue weighted by Crippen LogP contribution is -2.26. The fourth-order valence-corrected chi connectivity index (χ4v) is 2.32. The first kappa shape index (κ1) is 11.7. The van der Waals surface area contributed by atoms with Crippen molar-refractivity contribution in [2.45, 2.75) is 64.7 Å². The van der Waals surface area contributed by atoms with Gasteiger partial charge in [0.1, 0.15) is 6.29 Å². The Kier molecular flexibility index (Phi) is 5.89. The minimum Gasteiger partial charge on any atom is -0.303 e. The molecule has 14 heavy (non-hydrogen) atoms. The molecule has 0 aromatic carbocycles. The van der Waals surface area contributed by atoms with Crippen LogP contribution >= 0.6 is 0 Å². The van der Waals surface area contributed by atoms with Crippen LogP contribution in [0.3, 0.4) is 0 Å². The van der Waals surface area contributed by atoms with Gasteiger partial charge in [0.15, 0.2) is 0 Å². The molecule has 1 aliphatic rings. The Hall–Kier alpha value is -0.330. The van der Waals surface area contributed by atoms with Crippen LogP contribution in [0.4, 0.5) is 0 Å². The van der Waals surface area contributed by atoms with Crippen molar-refractivity contribution in [2.24, 2.45) is 11.8 Å². The normalized spacial score (nSPS) is 25.8. The van der Waals surface area contributed by atoms with Crippen LogP contribution in [0.15, 0.2) is 0 Å². The fourth-order valence-electron chi connectivity index (χ4n) is 2.32. The third kappa shape index (κ3) is 3.81. The molecule has 0 saturated heterocycles. The monoisotopic (exact) mass is 196 g/mol. The molecule has 0 heterocycles. The summed E-state index contributed by atoms with van der Waals surface area (Å²) in [5.74, 6) is 1.17. The predicted octanol–water partition coefficient (Wildman–Crippen LogP) is 3.96. The van der Waals surface area contributed by atoms with Crippen LogP contribution in [0.25, 0.3) is 0 Å². The molecule has 2 unspecified atom stereocenters. The van der Waals surface area contributed by atoms with E-state index in [0.29, 0.717) is 5.92 Å². The Morgan fingerprint density at radius 2 is 1.79 bits per heavy atom. The van der Waals surface area contributed by atoms with Gasteiger partial charge in [-0.05, 0) is 25.2 Å². The second kappa shape index (κ2) is 7.03. The van der Waals surface area contributed by atoms with E-state index in [-0.39, 0.29) is 0 Å². The molecule has 1 fully saturated rings. The summed E-state index contributed by atoms with van der Waals surface area (Å²) in [6, 6.07) is 0. The maximum atomic E-state index is 10.6. The summed E-state index contributed by atoms with van der Waals surface area (Å²) < 4.78 is 0. The highest BCUT2D eigenvalue weighted by atomic mass is 16.1. The van der Waals surface area contributed by atoms with Crippen LogP contribution in [0.1, 0.15) is 64.7 Å². The average Bonchev–Trinajstić information content (AvgIpc) is 2.15. The molecule has 1 saturated carbocycles. The molecule has 1 heteroatoms. The second-order valence-corrected chi connectivity index (χ2v) is 4.69. The van der Waals surface area contributed by atoms with Crippen molar-refractivity contribution in [2.75, 3.05) is 0 Å². The van der Waals surface area contributed by atoms with Gasteiger partial charge in [-0.3, -0.25) is 0 Å². The molecule has 0 aromatic rings. The number of unbranched alkanes of at least 4 members (excludes halogenated alkanes) is 5. The van der Waals surface area contributed by atoms with E-state index in [2.05, 4.69) is 6.92 Å². The summed E-state index contributed by atoms with van der Waals surface area (Å²) in [5, 5.41) is 0. The summed E-state index contributed by atoms with van der Waals surface area (Å²) in [4.78, 5) is 10.6. The van der Waals surface area contributed by atoms with Crippen LogP contribution in [0.2, 0.25) is 0 Å². The van der Waals surface area contributed by atoms with Crippen molar-refractivity contribution >= 4 is 6.29 Å². The highest BCUT2D eigenvalue weighted by molar-refractivity contribution is 5.55. The Morgan fingerprint density at radius 1 is 1.07 bits per heavy atom. The summed E-state index contributed by atoms with van der Waals surface area (Å²) in [7, 11) is 0. The zero-order chi connectivity index (χ0) is 10.2. The van der Waals surface area contributed by atoms with Crippen molar-refractivity contribution in [3.8, 4) is 0 Å². The van der Waals surface area contributed by atoms with Gasteiger partial charge in [-0.2, -0.15) is 0 Å². The maximum Gasteiger partial charge on any atom is 0.123 e. The first-order valence-electron chi connectivity index (χ1n) is 6.33. The van der Waals surface area contributed by atoms with E-state index in [1.165, 1.54) is 57.7 Å². The molecule has 0 N–H and O–H groups in total. The number of rotatable bonds is 8. The molecule has 1 nitrogen and oxygen atoms in total. The number of carbonyl (C=O) groups excluding carboxylic acids is 1. The van der Waals surface area contributed by atoms with Crippen LogP contribution in [0.5, 0.6) is 0 Å². The van der Waals surface area contributed by atoms with Crippen molar-refractivity contribution in [3.63, 3.8) is 0 Å². The number of hydrogen-bond donors (Lipinski definition) is 0. The van der Waals surface area contributed by atoms with E-state index in [1.54, 1.807) is 0 Å². The lowest BCUT2D eigenvalue weighted by atomic mass is 9.72. The molecular weight excluding hydrogens is 172 g/mol. The van der Waals surface area contributed by atoms with E-state index < -0.39 is 0 Å². The van der Waals surface area contributed by atoms with Gasteiger partial charge < -0.3 is 4.79 Å². The van der Waals surface area contributed by atoms with Crippen LogP contribution in [0, 0.1) is 11.8 Å². The quantitative estimate of drug-likeness (QED) is 0.424. The zero-order valence-electron chi connectivity index (χ0n) is 9.50. The first-order valence-corrected chi connectivity index (χ1v) is 6.33. The van der Waals surface area contributed by atoms with E-state index in [0.717, 1.165) is 12.3 Å². The van der Waals surface area contributed by atoms with Gasteiger partial charge >= 0.3 is 0 Å². The number of hydrogen-bond acceptors (Lipinski definition) is 1. The molecule has 2 atom stereocenters. The van der Waals surface area contributed by atoms with E-state index in [4.69, 9.17) is 0 Å². The minimum absolute atomic E-state index is 0.422. The second-order valence-electron chi connectivity index (χ2n) is 4.69. The topological polar surface area (TPSA) is 17.1 Å². The smallest absolute Gasteiger partial charge is 0.123 e. The minimum atomic E-state index is 0.422. The third-order valence-electron chi connectivity index (χ3n) is 3.58. The predicted molar refractivity (Wildman–Crippen MR) is 60.3 cm³/mol. The average molecular weight is 196 g/mol. The third-order valence-corrected chi connectivity index (χ3v) is 3.58. The number of carbonyl (C=O) groups is 1. The summed E-state index contributed by atoms with van der Waals surface area (Å²) >= 11 is 0. The van der Waals surface area contributed by atoms with Gasteiger partial charge in [-0.25, -0.2) is 0 Å². The molecule has 0 radical (unpaired) electrons. The molecule has 0 aliphatic heterocycles. The molecule has 1 aliphatic carbocycles. The SMILES string of the molecule is CCCCCCCCC1CCC1C=O. The fraction of sp³-hybridized carbons (Fsp3) is 0.923. The van der Waals surface area contributed by atoms with Gasteiger partial charge in [0.05, 0.1) is 0 Å². The molecule has 0 amide bonds. The Bertz CT molecular complexity index is 153. The van der Waals surface area contributed by atoms with E-state index in [9.17, 15) is 4.79 Å². The highest BCUT2D eigenvalue weighted by Crippen LogP contribution is 2.36. The van der Waals surface area contributed by atoms with Crippen molar-refractivity contribution in [1.29, 1.82) is 0 Å². The van der Waals surface area contributed by atoms with E-state index in [1.807, 2.05) is 0 Å². The van der Waals surface area contributed by atoms with Crippen LogP contribution < -0.4 is 0 Å². The zero-order valence-corrected chi connectivity index (χ0v) is 9.50. The van der Waals surface area contributed by atoms with Crippen LogP contribution in [-0.2, 0) is 4.79 Å². The first-order chi connectivity index (χ1) is 6.88. The summed E-state index contributed by atoms with van der Waals surface area (Å²) in [5.41, 5.74) is 0. The molecular formula is C13H24O. The maximum absolute atomic E-state index is 10.6. The van der Waals surface area contributed by atoms with Gasteiger partial charge in [0.2, 0.25) is 0 Å². The number of aldehydes is 1. The van der Waals surface area contributed by atoms with Crippen molar-refractivity contribution in [3.05, 3.63) is 0 Å². The Morgan fingerprint density at radius 3 is 2.36 bits per heavy atom. The van der Waals surface area contributed by atoms with Crippen LogP contribution in [-0.4, -0.2) is 6.29 Å². The molecule has 82 valence electrons. The van der Waals surface area contributed by atoms with Crippen molar-refractivity contribution < 1.29 is 4.79 Å². The van der Waals surface area contributed by atoms with Gasteiger partial charge in [0, 0.05) is 5.92 Å². The Balaban J connectivity index is 1.86. The van der Waals surface area contributed by atoms with Crippen molar-refractivity contribution in [1.82, 2.24) is 0 Å². The molecule has 0 bridgehead atoms. The van der Waals surface area contributed by atoms with Gasteiger partial charge in [-0.1, -0.05) is 45.4 Å². The van der Waals surface area contributed by atoms with Gasteiger partial charge in [-0.15, -0.1) is 0 Å². The van der Waals surface area contributed by atoms with E-state index >= 15 is 0 Å². The largest absolute Gasteiger partial charge is 0.303 e. The molecule has 0 aromatic heterocycles.